The zero-order chi connectivity index (χ0) is 11.6. The molecule has 0 saturated heterocycles. The minimum atomic E-state index is 0.129. The summed E-state index contributed by atoms with van der Waals surface area (Å²) >= 11 is 0. The molecule has 0 atom stereocenters. The van der Waals surface area contributed by atoms with E-state index in [2.05, 4.69) is 6.07 Å². The lowest BCUT2D eigenvalue weighted by molar-refractivity contribution is 0.237. The Kier molecular flexibility index (Phi) is 2.74. The number of benzene rings is 1. The van der Waals surface area contributed by atoms with E-state index in [1.54, 1.807) is 0 Å². The molecule has 3 nitrogen and oxygen atoms in total. The molecule has 0 amide bonds. The van der Waals surface area contributed by atoms with E-state index in [9.17, 15) is 0 Å². The molecule has 2 N–H and O–H groups in total. The van der Waals surface area contributed by atoms with E-state index in [-0.39, 0.29) is 5.41 Å². The maximum atomic E-state index is 8.70. The number of hydrogen-bond acceptors (Lipinski definition) is 3. The second kappa shape index (κ2) is 4.05. The number of ether oxygens (including phenoxy) is 1. The lowest BCUT2D eigenvalue weighted by atomic mass is 10.1. The molecule has 0 aromatic heterocycles. The van der Waals surface area contributed by atoms with Gasteiger partial charge in [0.1, 0.15) is 5.75 Å². The van der Waals surface area contributed by atoms with E-state index < -0.39 is 0 Å². The Bertz CT molecular complexity index is 430. The van der Waals surface area contributed by atoms with Gasteiger partial charge in [0.05, 0.1) is 12.7 Å². The fraction of sp³-hybridized carbons (Fsp3) is 0.462. The lowest BCUT2D eigenvalue weighted by Gasteiger charge is -2.13. The van der Waals surface area contributed by atoms with Crippen molar-refractivity contribution in [1.82, 2.24) is 0 Å². The van der Waals surface area contributed by atoms with Crippen molar-refractivity contribution in [2.24, 2.45) is 5.41 Å². The molecule has 16 heavy (non-hydrogen) atoms. The van der Waals surface area contributed by atoms with E-state index in [0.717, 1.165) is 29.8 Å². The first-order chi connectivity index (χ1) is 7.65. The number of aryl methyl sites for hydroxylation is 1. The van der Waals surface area contributed by atoms with Crippen molar-refractivity contribution in [2.45, 2.75) is 26.2 Å². The fourth-order valence-corrected chi connectivity index (χ4v) is 1.69. The van der Waals surface area contributed by atoms with E-state index in [1.807, 2.05) is 25.1 Å². The largest absolute Gasteiger partial charge is 0.493 e. The SMILES string of the molecule is Cc1cc(OCC2(CC#N)CC2)ccc1N. The van der Waals surface area contributed by atoms with Crippen LogP contribution in [-0.2, 0) is 0 Å². The van der Waals surface area contributed by atoms with Gasteiger partial charge >= 0.3 is 0 Å². The molecule has 0 heterocycles. The third-order valence-corrected chi connectivity index (χ3v) is 3.20. The molecule has 2 rings (SSSR count). The van der Waals surface area contributed by atoms with Crippen LogP contribution in [0.3, 0.4) is 0 Å². The highest BCUT2D eigenvalue weighted by molar-refractivity contribution is 5.49. The predicted octanol–water partition coefficient (Wildman–Crippen LogP) is 2.65. The Morgan fingerprint density at radius 1 is 1.50 bits per heavy atom. The minimum absolute atomic E-state index is 0.129. The summed E-state index contributed by atoms with van der Waals surface area (Å²) in [7, 11) is 0. The maximum Gasteiger partial charge on any atom is 0.119 e. The van der Waals surface area contributed by atoms with Gasteiger partial charge in [0.2, 0.25) is 0 Å². The number of rotatable bonds is 4. The van der Waals surface area contributed by atoms with Gasteiger partial charge in [0, 0.05) is 17.5 Å². The molecular weight excluding hydrogens is 200 g/mol. The smallest absolute Gasteiger partial charge is 0.119 e. The van der Waals surface area contributed by atoms with Gasteiger partial charge in [-0.2, -0.15) is 5.26 Å². The molecule has 1 aromatic carbocycles. The van der Waals surface area contributed by atoms with Crippen LogP contribution < -0.4 is 10.5 Å². The van der Waals surface area contributed by atoms with Gasteiger partial charge < -0.3 is 10.5 Å². The van der Waals surface area contributed by atoms with Crippen LogP contribution in [0.5, 0.6) is 5.75 Å². The predicted molar refractivity (Wildman–Crippen MR) is 63.0 cm³/mol. The van der Waals surface area contributed by atoms with Crippen LogP contribution >= 0.6 is 0 Å². The molecule has 1 fully saturated rings. The third-order valence-electron chi connectivity index (χ3n) is 3.20. The van der Waals surface area contributed by atoms with Crippen molar-refractivity contribution < 1.29 is 4.74 Å². The summed E-state index contributed by atoms with van der Waals surface area (Å²) in [6, 6.07) is 7.90. The summed E-state index contributed by atoms with van der Waals surface area (Å²) in [5.74, 6) is 0.843. The second-order valence-electron chi connectivity index (χ2n) is 4.64. The highest BCUT2D eigenvalue weighted by atomic mass is 16.5. The monoisotopic (exact) mass is 216 g/mol. The van der Waals surface area contributed by atoms with Crippen molar-refractivity contribution in [3.05, 3.63) is 23.8 Å². The second-order valence-corrected chi connectivity index (χ2v) is 4.64. The van der Waals surface area contributed by atoms with Crippen LogP contribution in [0, 0.1) is 23.7 Å². The Morgan fingerprint density at radius 3 is 2.81 bits per heavy atom. The average Bonchev–Trinajstić information content (AvgIpc) is 3.01. The van der Waals surface area contributed by atoms with Crippen molar-refractivity contribution in [3.8, 4) is 11.8 Å². The fourth-order valence-electron chi connectivity index (χ4n) is 1.69. The van der Waals surface area contributed by atoms with Crippen LogP contribution in [-0.4, -0.2) is 6.61 Å². The van der Waals surface area contributed by atoms with Gasteiger partial charge in [-0.15, -0.1) is 0 Å². The first-order valence-corrected chi connectivity index (χ1v) is 5.51. The van der Waals surface area contributed by atoms with Crippen LogP contribution in [0.2, 0.25) is 0 Å². The first-order valence-electron chi connectivity index (χ1n) is 5.51. The van der Waals surface area contributed by atoms with Crippen molar-refractivity contribution >= 4 is 5.69 Å². The number of nitrogens with two attached hydrogens (primary N) is 1. The van der Waals surface area contributed by atoms with Gasteiger partial charge in [0.15, 0.2) is 0 Å². The lowest BCUT2D eigenvalue weighted by Crippen LogP contribution is -2.12. The van der Waals surface area contributed by atoms with E-state index in [4.69, 9.17) is 15.7 Å². The van der Waals surface area contributed by atoms with Crippen molar-refractivity contribution in [3.63, 3.8) is 0 Å². The topological polar surface area (TPSA) is 59.0 Å². The zero-order valence-corrected chi connectivity index (χ0v) is 9.49. The summed E-state index contributed by atoms with van der Waals surface area (Å²) in [5.41, 5.74) is 7.67. The Morgan fingerprint density at radius 2 is 2.25 bits per heavy atom. The van der Waals surface area contributed by atoms with Gasteiger partial charge in [-0.05, 0) is 43.5 Å². The van der Waals surface area contributed by atoms with Gasteiger partial charge in [0.25, 0.3) is 0 Å². The van der Waals surface area contributed by atoms with E-state index in [0.29, 0.717) is 13.0 Å². The number of hydrogen-bond donors (Lipinski definition) is 1. The first kappa shape index (κ1) is 10.8. The third kappa shape index (κ3) is 2.27. The van der Waals surface area contributed by atoms with Crippen LogP contribution in [0.15, 0.2) is 18.2 Å². The number of nitrogen functional groups attached to an aromatic ring is 1. The average molecular weight is 216 g/mol. The summed E-state index contributed by atoms with van der Waals surface area (Å²) < 4.78 is 5.72. The standard InChI is InChI=1S/C13H16N2O/c1-10-8-11(2-3-12(10)15)16-9-13(4-5-13)6-7-14/h2-3,8H,4-6,9,15H2,1H3. The molecule has 0 aliphatic heterocycles. The Labute approximate surface area is 95.8 Å². The van der Waals surface area contributed by atoms with Crippen LogP contribution in [0.4, 0.5) is 5.69 Å². The molecule has 84 valence electrons. The van der Waals surface area contributed by atoms with Gasteiger partial charge in [-0.3, -0.25) is 0 Å². The molecule has 1 aliphatic carbocycles. The molecule has 1 aliphatic rings. The van der Waals surface area contributed by atoms with Crippen LogP contribution in [0.1, 0.15) is 24.8 Å². The molecule has 0 unspecified atom stereocenters. The highest BCUT2D eigenvalue weighted by Crippen LogP contribution is 2.48. The maximum absolute atomic E-state index is 8.70. The Balaban J connectivity index is 1.95. The molecule has 3 heteroatoms. The molecule has 0 radical (unpaired) electrons. The highest BCUT2D eigenvalue weighted by Gasteiger charge is 2.43. The molecule has 0 bridgehead atoms. The number of nitriles is 1. The summed E-state index contributed by atoms with van der Waals surface area (Å²) in [5, 5.41) is 8.70. The van der Waals surface area contributed by atoms with Crippen LogP contribution in [0.25, 0.3) is 0 Å². The van der Waals surface area contributed by atoms with Gasteiger partial charge in [-0.1, -0.05) is 0 Å². The molecular formula is C13H16N2O. The van der Waals surface area contributed by atoms with E-state index in [1.165, 1.54) is 0 Å². The number of nitrogens with zero attached hydrogens (tertiary/aromatic N) is 1. The summed E-state index contributed by atoms with van der Waals surface area (Å²) in [6.45, 7) is 2.61. The molecule has 1 saturated carbocycles. The van der Waals surface area contributed by atoms with Gasteiger partial charge in [-0.25, -0.2) is 0 Å². The summed E-state index contributed by atoms with van der Waals surface area (Å²) in [4.78, 5) is 0. The van der Waals surface area contributed by atoms with Crippen molar-refractivity contribution in [1.29, 1.82) is 5.26 Å². The summed E-state index contributed by atoms with van der Waals surface area (Å²) in [6.07, 6.45) is 2.81. The normalized spacial score (nSPS) is 16.5. The molecule has 1 aromatic rings. The number of anilines is 1. The Hall–Kier alpha value is -1.69. The molecule has 0 spiro atoms. The minimum Gasteiger partial charge on any atom is -0.493 e. The van der Waals surface area contributed by atoms with Crippen molar-refractivity contribution in [2.75, 3.05) is 12.3 Å². The quantitative estimate of drug-likeness (QED) is 0.787. The van der Waals surface area contributed by atoms with E-state index >= 15 is 0 Å². The zero-order valence-electron chi connectivity index (χ0n) is 9.49.